The minimum Gasteiger partial charge on any atom is -0.367 e. The number of nitrogens with one attached hydrogen (secondary N) is 1. The van der Waals surface area contributed by atoms with E-state index in [2.05, 4.69) is 64.6 Å². The highest BCUT2D eigenvalue weighted by molar-refractivity contribution is 5.58. The van der Waals surface area contributed by atoms with Crippen LogP contribution >= 0.6 is 0 Å². The van der Waals surface area contributed by atoms with E-state index in [-0.39, 0.29) is 0 Å². The maximum Gasteiger partial charge on any atom is 0.161 e. The number of rotatable bonds is 5. The maximum atomic E-state index is 4.79. The fourth-order valence-corrected chi connectivity index (χ4v) is 3.58. The molecule has 138 valence electrons. The summed E-state index contributed by atoms with van der Waals surface area (Å²) in [6, 6.07) is 21.4. The molecule has 0 spiro atoms. The van der Waals surface area contributed by atoms with Crippen LogP contribution < -0.4 is 5.32 Å². The molecule has 0 radical (unpaired) electrons. The third-order valence-corrected chi connectivity index (χ3v) is 5.18. The van der Waals surface area contributed by atoms with Crippen LogP contribution in [0.3, 0.4) is 0 Å². The van der Waals surface area contributed by atoms with Crippen molar-refractivity contribution in [3.63, 3.8) is 0 Å². The van der Waals surface area contributed by atoms with Gasteiger partial charge in [-0.3, -0.25) is 4.90 Å². The standard InChI is InChI=1S/C23H26N4/c1-18-16-24-23(20-10-6-3-7-11-20)26-22(18)25-21-12-14-27(15-13-21)17-19-8-4-2-5-9-19/h2-11,16,21H,12-15,17H2,1H3,(H,24,25,26). The highest BCUT2D eigenvalue weighted by Gasteiger charge is 2.20. The lowest BCUT2D eigenvalue weighted by Crippen LogP contribution is -2.38. The average molecular weight is 358 g/mol. The van der Waals surface area contributed by atoms with E-state index >= 15 is 0 Å². The molecule has 2 aromatic carbocycles. The number of aryl methyl sites for hydroxylation is 1. The summed E-state index contributed by atoms with van der Waals surface area (Å²) in [6.07, 6.45) is 4.19. The Morgan fingerprint density at radius 3 is 2.33 bits per heavy atom. The van der Waals surface area contributed by atoms with Crippen molar-refractivity contribution in [2.75, 3.05) is 18.4 Å². The van der Waals surface area contributed by atoms with Crippen LogP contribution in [-0.2, 0) is 6.54 Å². The topological polar surface area (TPSA) is 41.1 Å². The Hall–Kier alpha value is -2.72. The quantitative estimate of drug-likeness (QED) is 0.728. The molecule has 0 aliphatic carbocycles. The van der Waals surface area contributed by atoms with E-state index < -0.39 is 0 Å². The normalized spacial score (nSPS) is 15.6. The molecule has 1 fully saturated rings. The van der Waals surface area contributed by atoms with Gasteiger partial charge in [-0.05, 0) is 25.3 Å². The van der Waals surface area contributed by atoms with Crippen LogP contribution in [-0.4, -0.2) is 34.0 Å². The SMILES string of the molecule is Cc1cnc(-c2ccccc2)nc1NC1CCN(Cc2ccccc2)CC1. The zero-order valence-corrected chi connectivity index (χ0v) is 15.8. The number of benzene rings is 2. The minimum atomic E-state index is 0.467. The van der Waals surface area contributed by atoms with Crippen LogP contribution in [0.25, 0.3) is 11.4 Å². The molecule has 1 N–H and O–H groups in total. The van der Waals surface area contributed by atoms with Crippen LogP contribution in [0.2, 0.25) is 0 Å². The van der Waals surface area contributed by atoms with E-state index in [0.717, 1.165) is 55.2 Å². The van der Waals surface area contributed by atoms with Crippen LogP contribution in [0.5, 0.6) is 0 Å². The third kappa shape index (κ3) is 4.52. The van der Waals surface area contributed by atoms with Crippen molar-refractivity contribution in [3.8, 4) is 11.4 Å². The zero-order chi connectivity index (χ0) is 18.5. The first-order valence-corrected chi connectivity index (χ1v) is 9.70. The predicted octanol–water partition coefficient (Wildman–Crippen LogP) is 4.53. The van der Waals surface area contributed by atoms with Crippen LogP contribution in [0.1, 0.15) is 24.0 Å². The predicted molar refractivity (Wildman–Crippen MR) is 111 cm³/mol. The second-order valence-electron chi connectivity index (χ2n) is 7.27. The van der Waals surface area contributed by atoms with Crippen molar-refractivity contribution in [2.24, 2.45) is 0 Å². The van der Waals surface area contributed by atoms with Gasteiger partial charge in [0.05, 0.1) is 0 Å². The Morgan fingerprint density at radius 1 is 0.963 bits per heavy atom. The molecule has 27 heavy (non-hydrogen) atoms. The monoisotopic (exact) mass is 358 g/mol. The number of likely N-dealkylation sites (tertiary alicyclic amines) is 1. The molecule has 1 saturated heterocycles. The van der Waals surface area contributed by atoms with Crippen molar-refractivity contribution >= 4 is 5.82 Å². The molecule has 1 aromatic heterocycles. The van der Waals surface area contributed by atoms with Gasteiger partial charge in [0.2, 0.25) is 0 Å². The lowest BCUT2D eigenvalue weighted by atomic mass is 10.0. The molecule has 0 bridgehead atoms. The van der Waals surface area contributed by atoms with E-state index in [9.17, 15) is 0 Å². The molecule has 0 amide bonds. The van der Waals surface area contributed by atoms with Crippen LogP contribution in [0, 0.1) is 6.92 Å². The first kappa shape index (κ1) is 17.7. The number of piperidine rings is 1. The first-order valence-electron chi connectivity index (χ1n) is 9.70. The van der Waals surface area contributed by atoms with Gasteiger partial charge in [-0.25, -0.2) is 9.97 Å². The van der Waals surface area contributed by atoms with Gasteiger partial charge in [-0.2, -0.15) is 0 Å². The molecule has 4 heteroatoms. The summed E-state index contributed by atoms with van der Waals surface area (Å²) in [5, 5.41) is 3.67. The van der Waals surface area contributed by atoms with E-state index in [0.29, 0.717) is 6.04 Å². The highest BCUT2D eigenvalue weighted by atomic mass is 15.1. The molecular formula is C23H26N4. The van der Waals surface area contributed by atoms with Crippen molar-refractivity contribution in [3.05, 3.63) is 78.0 Å². The lowest BCUT2D eigenvalue weighted by Gasteiger charge is -2.32. The van der Waals surface area contributed by atoms with Crippen molar-refractivity contribution in [1.29, 1.82) is 0 Å². The molecule has 0 unspecified atom stereocenters. The summed E-state index contributed by atoms with van der Waals surface area (Å²) < 4.78 is 0. The largest absolute Gasteiger partial charge is 0.367 e. The van der Waals surface area contributed by atoms with Gasteiger partial charge in [-0.15, -0.1) is 0 Å². The molecule has 0 saturated carbocycles. The van der Waals surface area contributed by atoms with Gasteiger partial charge in [-0.1, -0.05) is 60.7 Å². The van der Waals surface area contributed by atoms with E-state index in [1.165, 1.54) is 5.56 Å². The molecule has 4 nitrogen and oxygen atoms in total. The van der Waals surface area contributed by atoms with Gasteiger partial charge in [0.1, 0.15) is 5.82 Å². The number of anilines is 1. The fraction of sp³-hybridized carbons (Fsp3) is 0.304. The highest BCUT2D eigenvalue weighted by Crippen LogP contribution is 2.22. The average Bonchev–Trinajstić information content (AvgIpc) is 2.72. The first-order chi connectivity index (χ1) is 13.3. The van der Waals surface area contributed by atoms with Crippen molar-refractivity contribution in [1.82, 2.24) is 14.9 Å². The maximum absolute atomic E-state index is 4.79. The molecule has 3 aromatic rings. The minimum absolute atomic E-state index is 0.467. The van der Waals surface area contributed by atoms with Crippen LogP contribution in [0.15, 0.2) is 66.9 Å². The van der Waals surface area contributed by atoms with E-state index in [1.54, 1.807) is 0 Å². The van der Waals surface area contributed by atoms with Gasteiger partial charge in [0, 0.05) is 43.0 Å². The summed E-state index contributed by atoms with van der Waals surface area (Å²) in [7, 11) is 0. The Kier molecular flexibility index (Phi) is 5.45. The van der Waals surface area contributed by atoms with Crippen molar-refractivity contribution in [2.45, 2.75) is 32.4 Å². The summed E-state index contributed by atoms with van der Waals surface area (Å²) in [5.74, 6) is 1.75. The number of aromatic nitrogens is 2. The zero-order valence-electron chi connectivity index (χ0n) is 15.8. The van der Waals surface area contributed by atoms with Gasteiger partial charge < -0.3 is 5.32 Å². The Morgan fingerprint density at radius 2 is 1.63 bits per heavy atom. The summed E-state index contributed by atoms with van der Waals surface area (Å²) in [5.41, 5.74) is 3.54. The summed E-state index contributed by atoms with van der Waals surface area (Å²) >= 11 is 0. The smallest absolute Gasteiger partial charge is 0.161 e. The third-order valence-electron chi connectivity index (χ3n) is 5.18. The second-order valence-corrected chi connectivity index (χ2v) is 7.27. The second kappa shape index (κ2) is 8.31. The van der Waals surface area contributed by atoms with Gasteiger partial charge in [0.25, 0.3) is 0 Å². The fourth-order valence-electron chi connectivity index (χ4n) is 3.58. The number of hydrogen-bond donors (Lipinski definition) is 1. The summed E-state index contributed by atoms with van der Waals surface area (Å²) in [4.78, 5) is 11.8. The molecular weight excluding hydrogens is 332 g/mol. The lowest BCUT2D eigenvalue weighted by molar-refractivity contribution is 0.211. The molecule has 0 atom stereocenters. The van der Waals surface area contributed by atoms with Crippen molar-refractivity contribution < 1.29 is 0 Å². The van der Waals surface area contributed by atoms with Gasteiger partial charge in [0.15, 0.2) is 5.82 Å². The Balaban J connectivity index is 1.37. The van der Waals surface area contributed by atoms with Crippen LogP contribution in [0.4, 0.5) is 5.82 Å². The summed E-state index contributed by atoms with van der Waals surface area (Å²) in [6.45, 7) is 5.34. The number of nitrogens with zero attached hydrogens (tertiary/aromatic N) is 3. The Bertz CT molecular complexity index is 856. The molecule has 4 rings (SSSR count). The molecule has 1 aliphatic rings. The molecule has 2 heterocycles. The Labute approximate surface area is 161 Å². The molecule has 1 aliphatic heterocycles. The van der Waals surface area contributed by atoms with E-state index in [4.69, 9.17) is 4.98 Å². The number of hydrogen-bond acceptors (Lipinski definition) is 4. The van der Waals surface area contributed by atoms with Gasteiger partial charge >= 0.3 is 0 Å². The van der Waals surface area contributed by atoms with E-state index in [1.807, 2.05) is 24.4 Å².